The van der Waals surface area contributed by atoms with Crippen LogP contribution in [0.2, 0.25) is 0 Å². The molecule has 34 heavy (non-hydrogen) atoms. The van der Waals surface area contributed by atoms with E-state index in [-0.39, 0.29) is 36.1 Å². The molecule has 0 unspecified atom stereocenters. The maximum Gasteiger partial charge on any atom is 0.417 e. The first-order valence-electron chi connectivity index (χ1n) is 10.6. The molecule has 0 saturated heterocycles. The fraction of sp³-hybridized carbons (Fsp3) is 0.333. The molecule has 1 aromatic carbocycles. The molecule has 3 rings (SSSR count). The molecule has 178 valence electrons. The van der Waals surface area contributed by atoms with Crippen LogP contribution in [0.1, 0.15) is 54.1 Å². The highest BCUT2D eigenvalue weighted by Gasteiger charge is 2.30. The second-order valence-electron chi connectivity index (χ2n) is 7.97. The molecule has 2 heterocycles. The van der Waals surface area contributed by atoms with Crippen LogP contribution in [0.25, 0.3) is 5.82 Å². The quantitative estimate of drug-likeness (QED) is 0.444. The number of nitrogens with zero attached hydrogens (tertiary/aromatic N) is 4. The average Bonchev–Trinajstić information content (AvgIpc) is 3.21. The van der Waals surface area contributed by atoms with Crippen molar-refractivity contribution in [3.8, 4) is 17.6 Å². The molecule has 0 amide bonds. The van der Waals surface area contributed by atoms with Gasteiger partial charge in [-0.3, -0.25) is 4.79 Å². The molecular formula is C24H23F3N4O3. The van der Waals surface area contributed by atoms with Crippen molar-refractivity contribution in [3.63, 3.8) is 0 Å². The predicted molar refractivity (Wildman–Crippen MR) is 117 cm³/mol. The number of carboxylic acids is 1. The van der Waals surface area contributed by atoms with Gasteiger partial charge >= 0.3 is 12.1 Å². The number of benzene rings is 1. The van der Waals surface area contributed by atoms with E-state index < -0.39 is 17.7 Å². The smallest absolute Gasteiger partial charge is 0.417 e. The third kappa shape index (κ3) is 5.92. The normalized spacial score (nSPS) is 11.4. The number of aliphatic carboxylic acids is 1. The number of carbonyl (C=O) groups is 1. The van der Waals surface area contributed by atoms with Crippen LogP contribution in [0.4, 0.5) is 13.2 Å². The third-order valence-corrected chi connectivity index (χ3v) is 5.07. The first kappa shape index (κ1) is 24.8. The monoisotopic (exact) mass is 472 g/mol. The molecule has 0 radical (unpaired) electrons. The Balaban J connectivity index is 1.72. The van der Waals surface area contributed by atoms with E-state index in [0.29, 0.717) is 18.4 Å². The molecule has 0 aliphatic carbocycles. The van der Waals surface area contributed by atoms with Crippen molar-refractivity contribution >= 4 is 5.97 Å². The Hall–Kier alpha value is -3.87. The Morgan fingerprint density at radius 1 is 1.24 bits per heavy atom. The molecule has 0 fully saturated rings. The maximum atomic E-state index is 12.8. The van der Waals surface area contributed by atoms with Gasteiger partial charge in [-0.05, 0) is 42.5 Å². The number of ether oxygens (including phenoxy) is 1. The Kier molecular flexibility index (Phi) is 7.56. The number of nitriles is 1. The van der Waals surface area contributed by atoms with Crippen molar-refractivity contribution in [1.29, 1.82) is 5.26 Å². The van der Waals surface area contributed by atoms with Crippen LogP contribution in [0.3, 0.4) is 0 Å². The highest BCUT2D eigenvalue weighted by Crippen LogP contribution is 2.29. The fourth-order valence-corrected chi connectivity index (χ4v) is 3.49. The van der Waals surface area contributed by atoms with Gasteiger partial charge in [-0.1, -0.05) is 26.0 Å². The van der Waals surface area contributed by atoms with Gasteiger partial charge < -0.3 is 9.84 Å². The minimum absolute atomic E-state index is 0.0769. The van der Waals surface area contributed by atoms with E-state index >= 15 is 0 Å². The van der Waals surface area contributed by atoms with Crippen molar-refractivity contribution in [2.45, 2.75) is 45.2 Å². The first-order chi connectivity index (χ1) is 16.1. The van der Waals surface area contributed by atoms with Gasteiger partial charge in [0.05, 0.1) is 29.8 Å². The van der Waals surface area contributed by atoms with Crippen molar-refractivity contribution in [3.05, 3.63) is 70.7 Å². The Labute approximate surface area is 194 Å². The standard InChI is InChI=1S/C24H23F3N4O3/c1-15(2)22-18(14-31(30-22)20-9-8-19(13-29-20)24(25,26)27)7-4-10-34-23-16(11-21(32)33)5-3-6-17(23)12-28/h3,5-6,8-9,13-15H,4,7,10-11H2,1-2H3,(H,32,33). The summed E-state index contributed by atoms with van der Waals surface area (Å²) < 4.78 is 45.7. The molecule has 0 aliphatic heterocycles. The lowest BCUT2D eigenvalue weighted by Crippen LogP contribution is -2.07. The number of alkyl halides is 3. The maximum absolute atomic E-state index is 12.8. The molecule has 0 saturated carbocycles. The number of hydrogen-bond donors (Lipinski definition) is 1. The zero-order chi connectivity index (χ0) is 24.9. The fourth-order valence-electron chi connectivity index (χ4n) is 3.49. The predicted octanol–water partition coefficient (Wildman–Crippen LogP) is 4.92. The number of carboxylic acid groups (broad SMARTS) is 1. The van der Waals surface area contributed by atoms with E-state index in [1.165, 1.54) is 10.7 Å². The van der Waals surface area contributed by atoms with Crippen molar-refractivity contribution in [2.24, 2.45) is 0 Å². The molecular weight excluding hydrogens is 449 g/mol. The minimum atomic E-state index is -4.46. The van der Waals surface area contributed by atoms with E-state index in [9.17, 15) is 23.2 Å². The van der Waals surface area contributed by atoms with E-state index in [1.54, 1.807) is 24.4 Å². The summed E-state index contributed by atoms with van der Waals surface area (Å²) in [7, 11) is 0. The highest BCUT2D eigenvalue weighted by molar-refractivity contribution is 5.72. The number of aryl methyl sites for hydroxylation is 1. The number of hydrogen-bond acceptors (Lipinski definition) is 5. The van der Waals surface area contributed by atoms with E-state index in [0.717, 1.165) is 23.5 Å². The summed E-state index contributed by atoms with van der Waals surface area (Å²) in [6, 6.07) is 9.05. The largest absolute Gasteiger partial charge is 0.492 e. The summed E-state index contributed by atoms with van der Waals surface area (Å²) in [6.45, 7) is 4.18. The lowest BCUT2D eigenvalue weighted by molar-refractivity contribution is -0.138. The third-order valence-electron chi connectivity index (χ3n) is 5.07. The van der Waals surface area contributed by atoms with Gasteiger partial charge in [-0.2, -0.15) is 23.5 Å². The van der Waals surface area contributed by atoms with Crippen LogP contribution in [-0.4, -0.2) is 32.4 Å². The molecule has 10 heteroatoms. The van der Waals surface area contributed by atoms with Crippen LogP contribution in [0.15, 0.2) is 42.7 Å². The second-order valence-corrected chi connectivity index (χ2v) is 7.97. The summed E-state index contributed by atoms with van der Waals surface area (Å²) in [5.41, 5.74) is 1.56. The van der Waals surface area contributed by atoms with Crippen LogP contribution in [0.5, 0.6) is 5.75 Å². The zero-order valence-corrected chi connectivity index (χ0v) is 18.6. The number of para-hydroxylation sites is 1. The topological polar surface area (TPSA) is 101 Å². The summed E-state index contributed by atoms with van der Waals surface area (Å²) in [5, 5.41) is 22.9. The molecule has 3 aromatic rings. The second kappa shape index (κ2) is 10.4. The van der Waals surface area contributed by atoms with Gasteiger partial charge in [0.15, 0.2) is 5.82 Å². The van der Waals surface area contributed by atoms with Gasteiger partial charge in [0.1, 0.15) is 11.8 Å². The molecule has 1 N–H and O–H groups in total. The Morgan fingerprint density at radius 3 is 2.59 bits per heavy atom. The molecule has 0 aliphatic rings. The molecule has 2 aromatic heterocycles. The summed E-state index contributed by atoms with van der Waals surface area (Å²) in [6.07, 6.45) is -1.08. The van der Waals surface area contributed by atoms with Gasteiger partial charge in [-0.25, -0.2) is 9.67 Å². The Morgan fingerprint density at radius 2 is 2.00 bits per heavy atom. The van der Waals surface area contributed by atoms with Crippen molar-refractivity contribution in [1.82, 2.24) is 14.8 Å². The van der Waals surface area contributed by atoms with Crippen LogP contribution >= 0.6 is 0 Å². The van der Waals surface area contributed by atoms with E-state index in [2.05, 4.69) is 10.1 Å². The lowest BCUT2D eigenvalue weighted by Gasteiger charge is -2.12. The first-order valence-corrected chi connectivity index (χ1v) is 10.6. The highest BCUT2D eigenvalue weighted by atomic mass is 19.4. The minimum Gasteiger partial charge on any atom is -0.492 e. The SMILES string of the molecule is CC(C)c1nn(-c2ccc(C(F)(F)F)cn2)cc1CCCOc1c(C#N)cccc1CC(=O)O. The summed E-state index contributed by atoms with van der Waals surface area (Å²) >= 11 is 0. The number of pyridine rings is 1. The molecule has 0 spiro atoms. The van der Waals surface area contributed by atoms with E-state index in [1.807, 2.05) is 19.9 Å². The zero-order valence-electron chi connectivity index (χ0n) is 18.6. The average molecular weight is 472 g/mol. The van der Waals surface area contributed by atoms with Gasteiger partial charge in [0, 0.05) is 18.0 Å². The van der Waals surface area contributed by atoms with Gasteiger partial charge in [-0.15, -0.1) is 0 Å². The van der Waals surface area contributed by atoms with Gasteiger partial charge in [0.25, 0.3) is 0 Å². The van der Waals surface area contributed by atoms with Crippen molar-refractivity contribution in [2.75, 3.05) is 6.61 Å². The molecule has 0 bridgehead atoms. The number of aromatic nitrogens is 3. The Bertz CT molecular complexity index is 1200. The number of halogens is 3. The van der Waals surface area contributed by atoms with Crippen LogP contribution in [-0.2, 0) is 23.8 Å². The molecule has 0 atom stereocenters. The van der Waals surface area contributed by atoms with E-state index in [4.69, 9.17) is 9.84 Å². The summed E-state index contributed by atoms with van der Waals surface area (Å²) in [4.78, 5) is 15.0. The summed E-state index contributed by atoms with van der Waals surface area (Å²) in [5.74, 6) is -0.404. The van der Waals surface area contributed by atoms with Crippen LogP contribution in [0, 0.1) is 11.3 Å². The van der Waals surface area contributed by atoms with Crippen LogP contribution < -0.4 is 4.74 Å². The lowest BCUT2D eigenvalue weighted by atomic mass is 10.0. The van der Waals surface area contributed by atoms with Crippen molar-refractivity contribution < 1.29 is 27.8 Å². The van der Waals surface area contributed by atoms with Gasteiger partial charge in [0.2, 0.25) is 0 Å². The molecule has 7 nitrogen and oxygen atoms in total. The number of rotatable bonds is 9.